The van der Waals surface area contributed by atoms with E-state index in [9.17, 15) is 21.6 Å². The quantitative estimate of drug-likeness (QED) is 0.742. The average molecular weight is 385 g/mol. The Morgan fingerprint density at radius 2 is 2.12 bits per heavy atom. The second-order valence-corrected chi connectivity index (χ2v) is 7.76. The number of halogens is 4. The van der Waals surface area contributed by atoms with Crippen molar-refractivity contribution >= 4 is 26.5 Å². The molecule has 0 aromatic carbocycles. The highest BCUT2D eigenvalue weighted by molar-refractivity contribution is 8.05. The Labute approximate surface area is 140 Å². The Morgan fingerprint density at radius 1 is 1.50 bits per heavy atom. The smallest absolute Gasteiger partial charge is 0.387 e. The monoisotopic (exact) mass is 384 g/mol. The molecule has 1 atom stereocenters. The van der Waals surface area contributed by atoms with Crippen LogP contribution in [-0.2, 0) is 33.7 Å². The minimum atomic E-state index is -4.89. The van der Waals surface area contributed by atoms with Gasteiger partial charge in [-0.3, -0.25) is 4.68 Å². The summed E-state index contributed by atoms with van der Waals surface area (Å²) in [6.07, 6.45) is -5.06. The van der Waals surface area contributed by atoms with Crippen LogP contribution >= 0.6 is 11.6 Å². The van der Waals surface area contributed by atoms with Crippen molar-refractivity contribution < 1.29 is 26.4 Å². The predicted molar refractivity (Wildman–Crippen MR) is 77.8 cm³/mol. The standard InChI is InChI=1S/C12H12ClF3N4O3S/c1-11(6-13)3-9(19-23-11)24(21,22)5-7-8(4-17)20(2)18-10(7)12(14,15)16/h3,5-6H2,1-2H3. The van der Waals surface area contributed by atoms with Gasteiger partial charge in [0.15, 0.2) is 26.2 Å². The first-order chi connectivity index (χ1) is 10.9. The molecular weight excluding hydrogens is 373 g/mol. The van der Waals surface area contributed by atoms with Crippen molar-refractivity contribution in [1.82, 2.24) is 9.78 Å². The van der Waals surface area contributed by atoms with Crippen LogP contribution < -0.4 is 0 Å². The first-order valence-electron chi connectivity index (χ1n) is 6.50. The molecule has 132 valence electrons. The summed E-state index contributed by atoms with van der Waals surface area (Å²) in [5.41, 5.74) is -3.64. The maximum absolute atomic E-state index is 13.1. The topological polar surface area (TPSA) is 97.3 Å². The van der Waals surface area contributed by atoms with Gasteiger partial charge in [-0.2, -0.15) is 23.5 Å². The normalized spacial score (nSPS) is 21.3. The van der Waals surface area contributed by atoms with E-state index >= 15 is 0 Å². The fraction of sp³-hybridized carbons (Fsp3) is 0.583. The third kappa shape index (κ3) is 3.34. The molecule has 0 bridgehead atoms. The van der Waals surface area contributed by atoms with E-state index in [0.29, 0.717) is 4.68 Å². The summed E-state index contributed by atoms with van der Waals surface area (Å²) in [4.78, 5) is 4.95. The average Bonchev–Trinajstić information content (AvgIpc) is 3.00. The molecule has 12 heteroatoms. The van der Waals surface area contributed by atoms with Crippen LogP contribution in [0.5, 0.6) is 0 Å². The third-order valence-corrected chi connectivity index (χ3v) is 5.56. The lowest BCUT2D eigenvalue weighted by Crippen LogP contribution is -2.29. The van der Waals surface area contributed by atoms with Crippen LogP contribution in [-0.4, -0.2) is 34.7 Å². The summed E-state index contributed by atoms with van der Waals surface area (Å²) in [6, 6.07) is 1.54. The Balaban J connectivity index is 2.43. The zero-order chi connectivity index (χ0) is 18.3. The van der Waals surface area contributed by atoms with Gasteiger partial charge in [0.1, 0.15) is 11.8 Å². The van der Waals surface area contributed by atoms with Gasteiger partial charge in [0, 0.05) is 19.0 Å². The van der Waals surface area contributed by atoms with E-state index in [1.165, 1.54) is 6.92 Å². The largest absolute Gasteiger partial charge is 0.435 e. The van der Waals surface area contributed by atoms with E-state index in [1.54, 1.807) is 6.07 Å². The number of sulfone groups is 1. The molecule has 24 heavy (non-hydrogen) atoms. The lowest BCUT2D eigenvalue weighted by Gasteiger charge is -2.16. The minimum absolute atomic E-state index is 0.0420. The van der Waals surface area contributed by atoms with Crippen molar-refractivity contribution in [2.24, 2.45) is 12.2 Å². The van der Waals surface area contributed by atoms with Crippen molar-refractivity contribution in [1.29, 1.82) is 5.26 Å². The van der Waals surface area contributed by atoms with E-state index in [4.69, 9.17) is 21.7 Å². The van der Waals surface area contributed by atoms with Gasteiger partial charge in [0.05, 0.1) is 11.6 Å². The Kier molecular flexibility index (Phi) is 4.58. The molecule has 0 spiro atoms. The first kappa shape index (κ1) is 18.5. The summed E-state index contributed by atoms with van der Waals surface area (Å²) in [7, 11) is -3.10. The summed E-state index contributed by atoms with van der Waals surface area (Å²) in [5.74, 6) is -1.10. The van der Waals surface area contributed by atoms with Crippen molar-refractivity contribution in [3.8, 4) is 6.07 Å². The van der Waals surface area contributed by atoms with Crippen LogP contribution in [0, 0.1) is 11.3 Å². The molecule has 7 nitrogen and oxygen atoms in total. The number of aromatic nitrogens is 2. The van der Waals surface area contributed by atoms with Crippen LogP contribution in [0.2, 0.25) is 0 Å². The van der Waals surface area contributed by atoms with Crippen LogP contribution in [0.15, 0.2) is 5.16 Å². The van der Waals surface area contributed by atoms with E-state index in [1.807, 2.05) is 0 Å². The van der Waals surface area contributed by atoms with Gasteiger partial charge in [-0.25, -0.2) is 8.42 Å². The molecule has 0 aliphatic carbocycles. The maximum Gasteiger partial charge on any atom is 0.435 e. The van der Waals surface area contributed by atoms with Gasteiger partial charge in [0.25, 0.3) is 0 Å². The number of aryl methyl sites for hydroxylation is 1. The number of hydrogen-bond donors (Lipinski definition) is 0. The zero-order valence-corrected chi connectivity index (χ0v) is 14.1. The van der Waals surface area contributed by atoms with E-state index in [2.05, 4.69) is 10.3 Å². The maximum atomic E-state index is 13.1. The Hall–Kier alpha value is -1.80. The summed E-state index contributed by atoms with van der Waals surface area (Å²) < 4.78 is 64.7. The molecule has 0 saturated heterocycles. The SMILES string of the molecule is Cn1nc(C(F)(F)F)c(CS(=O)(=O)C2=NOC(C)(CCl)C2)c1C#N. The van der Waals surface area contributed by atoms with E-state index in [-0.39, 0.29) is 12.3 Å². The molecule has 1 aromatic heterocycles. The van der Waals surface area contributed by atoms with Crippen molar-refractivity contribution in [3.63, 3.8) is 0 Å². The highest BCUT2D eigenvalue weighted by atomic mass is 35.5. The molecule has 1 aliphatic rings. The fourth-order valence-corrected chi connectivity index (χ4v) is 3.77. The van der Waals surface area contributed by atoms with E-state index in [0.717, 1.165) is 7.05 Å². The number of nitrogens with zero attached hydrogens (tertiary/aromatic N) is 4. The highest BCUT2D eigenvalue weighted by Gasteiger charge is 2.43. The molecule has 1 unspecified atom stereocenters. The summed E-state index contributed by atoms with van der Waals surface area (Å²) in [5, 5.41) is 15.3. The zero-order valence-electron chi connectivity index (χ0n) is 12.6. The Bertz CT molecular complexity index is 841. The van der Waals surface area contributed by atoms with Gasteiger partial charge in [-0.15, -0.1) is 11.6 Å². The molecule has 1 aliphatic heterocycles. The predicted octanol–water partition coefficient (Wildman–Crippen LogP) is 1.96. The number of hydrogen-bond acceptors (Lipinski definition) is 6. The molecule has 2 rings (SSSR count). The molecule has 0 amide bonds. The highest BCUT2D eigenvalue weighted by Crippen LogP contribution is 2.34. The summed E-state index contributed by atoms with van der Waals surface area (Å²) >= 11 is 5.66. The second kappa shape index (κ2) is 5.93. The molecule has 0 radical (unpaired) electrons. The van der Waals surface area contributed by atoms with Crippen LogP contribution in [0.1, 0.15) is 30.3 Å². The van der Waals surface area contributed by atoms with Crippen LogP contribution in [0.3, 0.4) is 0 Å². The van der Waals surface area contributed by atoms with E-state index < -0.39 is 49.4 Å². The molecule has 2 heterocycles. The molecule has 1 aromatic rings. The Morgan fingerprint density at radius 3 is 2.58 bits per heavy atom. The van der Waals surface area contributed by atoms with Crippen molar-refractivity contribution in [2.75, 3.05) is 5.88 Å². The van der Waals surface area contributed by atoms with Gasteiger partial charge in [-0.1, -0.05) is 5.16 Å². The van der Waals surface area contributed by atoms with Crippen LogP contribution in [0.25, 0.3) is 0 Å². The molecular formula is C12H12ClF3N4O3S. The number of nitriles is 1. The number of rotatable bonds is 3. The van der Waals surface area contributed by atoms with Crippen LogP contribution in [0.4, 0.5) is 13.2 Å². The summed E-state index contributed by atoms with van der Waals surface area (Å²) in [6.45, 7) is 1.53. The third-order valence-electron chi connectivity index (χ3n) is 3.39. The molecule has 0 N–H and O–H groups in total. The number of oxime groups is 1. The van der Waals surface area contributed by atoms with Gasteiger partial charge in [-0.05, 0) is 6.92 Å². The molecule has 0 saturated carbocycles. The van der Waals surface area contributed by atoms with Crippen molar-refractivity contribution in [2.45, 2.75) is 30.9 Å². The van der Waals surface area contributed by atoms with Gasteiger partial charge in [0.2, 0.25) is 0 Å². The minimum Gasteiger partial charge on any atom is -0.387 e. The first-order valence-corrected chi connectivity index (χ1v) is 8.69. The second-order valence-electron chi connectivity index (χ2n) is 5.50. The van der Waals surface area contributed by atoms with Crippen molar-refractivity contribution in [3.05, 3.63) is 17.0 Å². The number of alkyl halides is 4. The lowest BCUT2D eigenvalue weighted by atomic mass is 10.1. The van der Waals surface area contributed by atoms with Gasteiger partial charge >= 0.3 is 6.18 Å². The molecule has 0 fully saturated rings. The fourth-order valence-electron chi connectivity index (χ4n) is 2.13. The van der Waals surface area contributed by atoms with Gasteiger partial charge < -0.3 is 4.84 Å². The lowest BCUT2D eigenvalue weighted by molar-refractivity contribution is -0.141.